The maximum absolute atomic E-state index is 6.08. The van der Waals surface area contributed by atoms with E-state index in [1.165, 1.54) is 5.56 Å². The second-order valence-corrected chi connectivity index (χ2v) is 6.33. The number of hydrogen-bond donors (Lipinski definition) is 2. The summed E-state index contributed by atoms with van der Waals surface area (Å²) in [5.41, 5.74) is 4.12. The van der Waals surface area contributed by atoms with Crippen LogP contribution in [0.5, 0.6) is 0 Å². The van der Waals surface area contributed by atoms with Crippen LogP contribution in [0.4, 0.5) is 6.01 Å². The lowest BCUT2D eigenvalue weighted by Gasteiger charge is -2.01. The minimum Gasteiger partial charge on any atom is -0.402 e. The minimum absolute atomic E-state index is 0.419. The van der Waals surface area contributed by atoms with Crippen molar-refractivity contribution in [1.82, 2.24) is 15.2 Å². The summed E-state index contributed by atoms with van der Waals surface area (Å²) in [6, 6.07) is 16.4. The Labute approximate surface area is 150 Å². The summed E-state index contributed by atoms with van der Waals surface area (Å²) < 4.78 is 5.75. The number of nitrogens with zero attached hydrogens (tertiary/aromatic N) is 2. The third-order valence-corrected chi connectivity index (χ3v) is 4.43. The topological polar surface area (TPSA) is 66.7 Å². The van der Waals surface area contributed by atoms with Crippen molar-refractivity contribution in [2.24, 2.45) is 0 Å². The van der Waals surface area contributed by atoms with Crippen molar-refractivity contribution in [1.29, 1.82) is 0 Å². The van der Waals surface area contributed by atoms with Gasteiger partial charge in [-0.1, -0.05) is 47.0 Å². The Morgan fingerprint density at radius 2 is 1.96 bits per heavy atom. The maximum atomic E-state index is 6.08. The molecule has 6 heteroatoms. The monoisotopic (exact) mass is 352 g/mol. The van der Waals surface area contributed by atoms with Gasteiger partial charge in [-0.25, -0.2) is 0 Å². The van der Waals surface area contributed by atoms with Crippen LogP contribution in [0.1, 0.15) is 11.1 Å². The Morgan fingerprint density at radius 1 is 1.12 bits per heavy atom. The highest BCUT2D eigenvalue weighted by molar-refractivity contribution is 6.31. The van der Waals surface area contributed by atoms with E-state index in [-0.39, 0.29) is 0 Å². The summed E-state index contributed by atoms with van der Waals surface area (Å²) >= 11 is 6.08. The summed E-state index contributed by atoms with van der Waals surface area (Å²) in [5, 5.41) is 13.2. The number of benzene rings is 2. The van der Waals surface area contributed by atoms with Crippen LogP contribution in [0.3, 0.4) is 0 Å². The van der Waals surface area contributed by atoms with E-state index in [1.807, 2.05) is 43.3 Å². The molecule has 0 aliphatic heterocycles. The molecule has 0 bridgehead atoms. The van der Waals surface area contributed by atoms with Crippen LogP contribution in [0.25, 0.3) is 22.5 Å². The van der Waals surface area contributed by atoms with Crippen molar-refractivity contribution in [2.75, 3.05) is 11.9 Å². The van der Waals surface area contributed by atoms with Gasteiger partial charge in [0.05, 0.1) is 0 Å². The predicted molar refractivity (Wildman–Crippen MR) is 100.0 cm³/mol. The molecular weight excluding hydrogens is 336 g/mol. The van der Waals surface area contributed by atoms with Gasteiger partial charge >= 0.3 is 6.01 Å². The van der Waals surface area contributed by atoms with Crippen molar-refractivity contribution in [3.05, 3.63) is 64.7 Å². The van der Waals surface area contributed by atoms with Crippen molar-refractivity contribution in [3.8, 4) is 11.6 Å². The second kappa shape index (κ2) is 6.61. The zero-order chi connectivity index (χ0) is 17.2. The molecule has 0 fully saturated rings. The van der Waals surface area contributed by atoms with Gasteiger partial charge in [0.25, 0.3) is 5.89 Å². The average Bonchev–Trinajstić information content (AvgIpc) is 3.21. The van der Waals surface area contributed by atoms with Crippen LogP contribution in [-0.2, 0) is 6.42 Å². The van der Waals surface area contributed by atoms with E-state index in [9.17, 15) is 0 Å². The van der Waals surface area contributed by atoms with E-state index in [0.717, 1.165) is 35.1 Å². The van der Waals surface area contributed by atoms with Crippen LogP contribution < -0.4 is 5.32 Å². The van der Waals surface area contributed by atoms with Crippen LogP contribution in [0, 0.1) is 6.92 Å². The highest BCUT2D eigenvalue weighted by atomic mass is 35.5. The number of nitrogens with one attached hydrogen (secondary N) is 2. The SMILES string of the molecule is Cc1c(-c2nnc(NCCc3ccccc3)o2)[nH]c2ccc(Cl)cc12. The summed E-state index contributed by atoms with van der Waals surface area (Å²) in [6.45, 7) is 2.74. The number of halogens is 1. The van der Waals surface area contributed by atoms with Crippen LogP contribution in [0.15, 0.2) is 52.9 Å². The molecule has 25 heavy (non-hydrogen) atoms. The van der Waals surface area contributed by atoms with E-state index in [1.54, 1.807) is 0 Å². The van der Waals surface area contributed by atoms with Gasteiger partial charge < -0.3 is 14.7 Å². The van der Waals surface area contributed by atoms with Gasteiger partial charge in [-0.3, -0.25) is 0 Å². The number of hydrogen-bond acceptors (Lipinski definition) is 4. The normalized spacial score (nSPS) is 11.1. The molecule has 0 aliphatic rings. The van der Waals surface area contributed by atoms with Crippen molar-refractivity contribution >= 4 is 28.5 Å². The van der Waals surface area contributed by atoms with Gasteiger partial charge in [0.1, 0.15) is 5.69 Å². The second-order valence-electron chi connectivity index (χ2n) is 5.89. The highest BCUT2D eigenvalue weighted by Gasteiger charge is 2.15. The first-order valence-corrected chi connectivity index (χ1v) is 8.48. The molecule has 0 unspecified atom stereocenters. The number of rotatable bonds is 5. The molecule has 2 heterocycles. The number of aryl methyl sites for hydroxylation is 1. The first kappa shape index (κ1) is 15.7. The Kier molecular flexibility index (Phi) is 4.15. The molecule has 2 aromatic carbocycles. The molecule has 0 aliphatic carbocycles. The summed E-state index contributed by atoms with van der Waals surface area (Å²) in [5.74, 6) is 0.465. The van der Waals surface area contributed by atoms with E-state index in [4.69, 9.17) is 16.0 Å². The van der Waals surface area contributed by atoms with Crippen molar-refractivity contribution < 1.29 is 4.42 Å². The molecule has 0 atom stereocenters. The standard InChI is InChI=1S/C19H17ClN4O/c1-12-15-11-14(20)7-8-16(15)22-17(12)18-23-24-19(25-18)21-10-9-13-5-3-2-4-6-13/h2-8,11,22H,9-10H2,1H3,(H,21,24). The van der Waals surface area contributed by atoms with Crippen molar-refractivity contribution in [3.63, 3.8) is 0 Å². The van der Waals surface area contributed by atoms with Gasteiger partial charge in [0.15, 0.2) is 0 Å². The third kappa shape index (κ3) is 3.23. The lowest BCUT2D eigenvalue weighted by Crippen LogP contribution is -2.04. The van der Waals surface area contributed by atoms with Crippen molar-refractivity contribution in [2.45, 2.75) is 13.3 Å². The minimum atomic E-state index is 0.419. The fourth-order valence-corrected chi connectivity index (χ4v) is 3.04. The number of aromatic nitrogens is 3. The number of anilines is 1. The smallest absolute Gasteiger partial charge is 0.315 e. The van der Waals surface area contributed by atoms with E-state index in [2.05, 4.69) is 32.6 Å². The van der Waals surface area contributed by atoms with Crippen LogP contribution in [0.2, 0.25) is 5.02 Å². The Bertz CT molecular complexity index is 1010. The zero-order valence-electron chi connectivity index (χ0n) is 13.7. The molecule has 2 N–H and O–H groups in total. The molecule has 126 valence electrons. The van der Waals surface area contributed by atoms with Gasteiger partial charge in [0.2, 0.25) is 0 Å². The first-order valence-electron chi connectivity index (χ1n) is 8.10. The Balaban J connectivity index is 1.50. The lowest BCUT2D eigenvalue weighted by molar-refractivity contribution is 0.579. The number of H-pyrrole nitrogens is 1. The van der Waals surface area contributed by atoms with Gasteiger partial charge in [-0.2, -0.15) is 0 Å². The fraction of sp³-hybridized carbons (Fsp3) is 0.158. The molecule has 0 amide bonds. The highest BCUT2D eigenvalue weighted by Crippen LogP contribution is 2.31. The van der Waals surface area contributed by atoms with E-state index < -0.39 is 0 Å². The van der Waals surface area contributed by atoms with Gasteiger partial charge in [-0.15, -0.1) is 5.10 Å². The molecule has 4 aromatic rings. The zero-order valence-corrected chi connectivity index (χ0v) is 14.5. The lowest BCUT2D eigenvalue weighted by atomic mass is 10.1. The Hall–Kier alpha value is -2.79. The van der Waals surface area contributed by atoms with Crippen LogP contribution >= 0.6 is 11.6 Å². The van der Waals surface area contributed by atoms with E-state index in [0.29, 0.717) is 16.9 Å². The average molecular weight is 353 g/mol. The molecular formula is C19H17ClN4O. The summed E-state index contributed by atoms with van der Waals surface area (Å²) in [4.78, 5) is 3.32. The molecule has 2 aromatic heterocycles. The predicted octanol–water partition coefficient (Wildman–Crippen LogP) is 4.83. The largest absolute Gasteiger partial charge is 0.402 e. The quantitative estimate of drug-likeness (QED) is 0.539. The number of fused-ring (bicyclic) bond motifs is 1. The summed E-state index contributed by atoms with van der Waals surface area (Å²) in [7, 11) is 0. The van der Waals surface area contributed by atoms with E-state index >= 15 is 0 Å². The Morgan fingerprint density at radius 3 is 2.80 bits per heavy atom. The molecule has 0 spiro atoms. The van der Waals surface area contributed by atoms with Gasteiger partial charge in [0, 0.05) is 22.5 Å². The molecule has 0 radical (unpaired) electrons. The molecule has 5 nitrogen and oxygen atoms in total. The fourth-order valence-electron chi connectivity index (χ4n) is 2.87. The van der Waals surface area contributed by atoms with Crippen LogP contribution in [-0.4, -0.2) is 21.7 Å². The molecule has 0 saturated carbocycles. The molecule has 4 rings (SSSR count). The maximum Gasteiger partial charge on any atom is 0.315 e. The summed E-state index contributed by atoms with van der Waals surface area (Å²) in [6.07, 6.45) is 0.891. The third-order valence-electron chi connectivity index (χ3n) is 4.19. The first-order chi connectivity index (χ1) is 12.2. The number of aromatic amines is 1. The van der Waals surface area contributed by atoms with Gasteiger partial charge in [-0.05, 0) is 42.7 Å². The molecule has 0 saturated heterocycles.